The normalized spacial score (nSPS) is 19.8. The van der Waals surface area contributed by atoms with Crippen LogP contribution < -0.4 is 20.4 Å². The van der Waals surface area contributed by atoms with Gasteiger partial charge >= 0.3 is 0 Å². The van der Waals surface area contributed by atoms with Gasteiger partial charge in [0.15, 0.2) is 5.11 Å². The fraction of sp³-hybridized carbons (Fsp3) is 0.323. The second-order valence-corrected chi connectivity index (χ2v) is 12.4. The summed E-state index contributed by atoms with van der Waals surface area (Å²) in [6.45, 7) is 10.2. The van der Waals surface area contributed by atoms with Gasteiger partial charge in [-0.15, -0.1) is 0 Å². The van der Waals surface area contributed by atoms with Crippen molar-refractivity contribution in [2.45, 2.75) is 52.2 Å². The molecule has 2 aliphatic rings. The standard InChI is InChI=1S/C31H33Cl2N5OS/c1-17(2)29(39)35-24-11-10-19(13-23(24)33)38-28(27(36-30(38)40)25-9-7-8-12-34-25)21-14-20-18(3)16-31(4,5)37(6)26(20)15-22(21)32/h7-17,27-28H,1-6H3,(H,35,39)(H,36,40)/t27-,28-/m0/s1. The van der Waals surface area contributed by atoms with E-state index in [4.69, 9.17) is 35.4 Å². The molecule has 0 radical (unpaired) electrons. The first-order valence-electron chi connectivity index (χ1n) is 13.3. The average molecular weight is 595 g/mol. The third kappa shape index (κ3) is 5.06. The van der Waals surface area contributed by atoms with Crippen molar-refractivity contribution >= 4 is 69.1 Å². The van der Waals surface area contributed by atoms with Crippen LogP contribution in [0.25, 0.3) is 5.57 Å². The predicted molar refractivity (Wildman–Crippen MR) is 170 cm³/mol. The van der Waals surface area contributed by atoms with Gasteiger partial charge in [0.1, 0.15) is 0 Å². The molecule has 1 amide bonds. The fourth-order valence-electron chi connectivity index (χ4n) is 5.40. The Bertz CT molecular complexity index is 1520. The highest BCUT2D eigenvalue weighted by molar-refractivity contribution is 7.80. The molecule has 40 heavy (non-hydrogen) atoms. The summed E-state index contributed by atoms with van der Waals surface area (Å²) in [6, 6.07) is 15.1. The minimum Gasteiger partial charge on any atom is -0.365 e. The van der Waals surface area contributed by atoms with Crippen molar-refractivity contribution in [2.24, 2.45) is 5.92 Å². The number of fused-ring (bicyclic) bond motifs is 1. The van der Waals surface area contributed by atoms with E-state index in [2.05, 4.69) is 66.5 Å². The first kappa shape index (κ1) is 28.4. The van der Waals surface area contributed by atoms with E-state index in [1.54, 1.807) is 6.20 Å². The van der Waals surface area contributed by atoms with Gasteiger partial charge in [0.05, 0.1) is 34.0 Å². The van der Waals surface area contributed by atoms with Crippen LogP contribution in [-0.2, 0) is 4.79 Å². The molecule has 0 aliphatic carbocycles. The summed E-state index contributed by atoms with van der Waals surface area (Å²) >= 11 is 19.7. The van der Waals surface area contributed by atoms with Gasteiger partial charge in [0, 0.05) is 41.1 Å². The van der Waals surface area contributed by atoms with Crippen LogP contribution in [0.4, 0.5) is 17.1 Å². The number of nitrogens with zero attached hydrogens (tertiary/aromatic N) is 3. The summed E-state index contributed by atoms with van der Waals surface area (Å²) in [7, 11) is 2.09. The zero-order valence-corrected chi connectivity index (χ0v) is 25.7. The van der Waals surface area contributed by atoms with Gasteiger partial charge in [0.25, 0.3) is 0 Å². The third-order valence-electron chi connectivity index (χ3n) is 7.77. The number of hydrogen-bond acceptors (Lipinski definition) is 4. The van der Waals surface area contributed by atoms with E-state index >= 15 is 0 Å². The number of pyridine rings is 1. The van der Waals surface area contributed by atoms with Crippen molar-refractivity contribution in [1.82, 2.24) is 10.3 Å². The summed E-state index contributed by atoms with van der Waals surface area (Å²) in [4.78, 5) is 21.2. The lowest BCUT2D eigenvalue weighted by molar-refractivity contribution is -0.118. The molecule has 2 atom stereocenters. The first-order chi connectivity index (χ1) is 18.9. The maximum atomic E-state index is 12.3. The monoisotopic (exact) mass is 593 g/mol. The lowest BCUT2D eigenvalue weighted by Crippen LogP contribution is -2.42. The molecule has 9 heteroatoms. The van der Waals surface area contributed by atoms with Crippen molar-refractivity contribution in [3.05, 3.63) is 87.7 Å². The summed E-state index contributed by atoms with van der Waals surface area (Å²) in [5.74, 6) is -0.263. The van der Waals surface area contributed by atoms with Crippen molar-refractivity contribution in [2.75, 3.05) is 22.2 Å². The topological polar surface area (TPSA) is 60.5 Å². The Morgan fingerprint density at radius 2 is 1.88 bits per heavy atom. The van der Waals surface area contributed by atoms with E-state index in [9.17, 15) is 4.79 Å². The number of rotatable bonds is 5. The number of carbonyl (C=O) groups is 1. The van der Waals surface area contributed by atoms with Crippen LogP contribution in [0, 0.1) is 5.92 Å². The minimum absolute atomic E-state index is 0.0986. The predicted octanol–water partition coefficient (Wildman–Crippen LogP) is 7.79. The van der Waals surface area contributed by atoms with Crippen molar-refractivity contribution in [1.29, 1.82) is 0 Å². The van der Waals surface area contributed by atoms with Gasteiger partial charge in [0.2, 0.25) is 5.91 Å². The third-order valence-corrected chi connectivity index (χ3v) is 8.72. The highest BCUT2D eigenvalue weighted by atomic mass is 35.5. The molecule has 5 rings (SSSR count). The van der Waals surface area contributed by atoms with Crippen LogP contribution in [-0.4, -0.2) is 28.6 Å². The van der Waals surface area contributed by atoms with E-state index in [0.717, 1.165) is 28.2 Å². The number of nitrogens with one attached hydrogen (secondary N) is 2. The molecule has 3 heterocycles. The summed E-state index contributed by atoms with van der Waals surface area (Å²) < 4.78 is 0. The molecular formula is C31H33Cl2N5OS. The quantitative estimate of drug-likeness (QED) is 0.294. The van der Waals surface area contributed by atoms with Gasteiger partial charge in [-0.05, 0) is 86.6 Å². The van der Waals surface area contributed by atoms with Crippen LogP contribution in [0.2, 0.25) is 10.0 Å². The number of anilines is 3. The average Bonchev–Trinajstić information content (AvgIpc) is 3.25. The number of benzene rings is 2. The Labute approximate surface area is 251 Å². The van der Waals surface area contributed by atoms with Crippen LogP contribution in [0.15, 0.2) is 60.8 Å². The van der Waals surface area contributed by atoms with Crippen molar-refractivity contribution < 1.29 is 4.79 Å². The van der Waals surface area contributed by atoms with Crippen LogP contribution >= 0.6 is 35.4 Å². The molecule has 3 aromatic rings. The SMILES string of the molecule is CC1=CC(C)(C)N(C)c2cc(Cl)c([C@H]3[C@H](c4ccccn4)NC(=S)N3c3ccc(NC(=O)C(C)C)c(Cl)c3)cc21. The van der Waals surface area contributed by atoms with Gasteiger partial charge in [-0.1, -0.05) is 49.2 Å². The molecule has 1 saturated heterocycles. The number of carbonyl (C=O) groups excluding carboxylic acids is 1. The molecular weight excluding hydrogens is 561 g/mol. The largest absolute Gasteiger partial charge is 0.365 e. The summed E-state index contributed by atoms with van der Waals surface area (Å²) in [6.07, 6.45) is 4.06. The summed E-state index contributed by atoms with van der Waals surface area (Å²) in [5, 5.41) is 7.99. The van der Waals surface area contributed by atoms with Crippen LogP contribution in [0.1, 0.15) is 63.5 Å². The van der Waals surface area contributed by atoms with Gasteiger partial charge < -0.3 is 20.4 Å². The van der Waals surface area contributed by atoms with Crippen LogP contribution in [0.5, 0.6) is 0 Å². The molecule has 2 N–H and O–H groups in total. The van der Waals surface area contributed by atoms with E-state index in [1.807, 2.05) is 55.1 Å². The molecule has 2 aromatic carbocycles. The van der Waals surface area contributed by atoms with E-state index in [1.165, 1.54) is 5.57 Å². The Hall–Kier alpha value is -3.13. The highest BCUT2D eigenvalue weighted by Gasteiger charge is 2.42. The Morgan fingerprint density at radius 3 is 2.52 bits per heavy atom. The molecule has 0 spiro atoms. The lowest BCUT2D eigenvalue weighted by atomic mass is 9.86. The number of halogens is 2. The number of thiocarbonyl (C=S) groups is 1. The Morgan fingerprint density at radius 1 is 1.12 bits per heavy atom. The maximum absolute atomic E-state index is 12.3. The van der Waals surface area contributed by atoms with E-state index in [0.29, 0.717) is 20.8 Å². The zero-order chi connectivity index (χ0) is 28.9. The number of allylic oxidation sites excluding steroid dienone is 1. The van der Waals surface area contributed by atoms with Gasteiger partial charge in [-0.25, -0.2) is 0 Å². The van der Waals surface area contributed by atoms with Gasteiger partial charge in [-0.3, -0.25) is 9.78 Å². The second-order valence-electron chi connectivity index (χ2n) is 11.2. The molecule has 208 valence electrons. The lowest BCUT2D eigenvalue weighted by Gasteiger charge is -2.41. The second kappa shape index (κ2) is 10.7. The molecule has 0 bridgehead atoms. The smallest absolute Gasteiger partial charge is 0.226 e. The number of amides is 1. The summed E-state index contributed by atoms with van der Waals surface area (Å²) in [5.41, 5.74) is 6.39. The zero-order valence-electron chi connectivity index (χ0n) is 23.4. The van der Waals surface area contributed by atoms with Crippen molar-refractivity contribution in [3.8, 4) is 0 Å². The van der Waals surface area contributed by atoms with E-state index in [-0.39, 0.29) is 29.4 Å². The fourth-order valence-corrected chi connectivity index (χ4v) is 6.23. The van der Waals surface area contributed by atoms with E-state index < -0.39 is 0 Å². The van der Waals surface area contributed by atoms with Gasteiger partial charge in [-0.2, -0.15) is 0 Å². The number of hydrogen-bond donors (Lipinski definition) is 2. The maximum Gasteiger partial charge on any atom is 0.226 e. The molecule has 0 unspecified atom stereocenters. The highest BCUT2D eigenvalue weighted by Crippen LogP contribution is 2.48. The Balaban J connectivity index is 1.64. The van der Waals surface area contributed by atoms with Crippen LogP contribution in [0.3, 0.4) is 0 Å². The molecule has 1 fully saturated rings. The Kier molecular flexibility index (Phi) is 7.59. The molecule has 6 nitrogen and oxygen atoms in total. The number of aromatic nitrogens is 1. The number of likely N-dealkylation sites (N-methyl/N-ethyl adjacent to an activating group) is 1. The molecule has 0 saturated carbocycles. The van der Waals surface area contributed by atoms with Crippen molar-refractivity contribution in [3.63, 3.8) is 0 Å². The first-order valence-corrected chi connectivity index (χ1v) is 14.4. The molecule has 2 aliphatic heterocycles. The minimum atomic E-state index is -0.305. The molecule has 1 aromatic heterocycles.